The maximum absolute atomic E-state index is 5.95. The van der Waals surface area contributed by atoms with Crippen LogP contribution in [0.2, 0.25) is 0 Å². The molecule has 21 heavy (non-hydrogen) atoms. The van der Waals surface area contributed by atoms with Crippen LogP contribution in [0.3, 0.4) is 0 Å². The average Bonchev–Trinajstić information content (AvgIpc) is 2.88. The van der Waals surface area contributed by atoms with Crippen molar-refractivity contribution in [3.8, 4) is 17.0 Å². The molecule has 0 aliphatic heterocycles. The predicted molar refractivity (Wildman–Crippen MR) is 84.4 cm³/mol. The first-order chi connectivity index (χ1) is 10.2. The van der Waals surface area contributed by atoms with Crippen molar-refractivity contribution in [2.24, 2.45) is 5.73 Å². The molecule has 0 amide bonds. The van der Waals surface area contributed by atoms with E-state index in [0.717, 1.165) is 28.3 Å². The van der Waals surface area contributed by atoms with Crippen molar-refractivity contribution in [1.29, 1.82) is 0 Å². The Kier molecular flexibility index (Phi) is 3.62. The molecule has 4 nitrogen and oxygen atoms in total. The van der Waals surface area contributed by atoms with Gasteiger partial charge in [-0.15, -0.1) is 0 Å². The largest absolute Gasteiger partial charge is 0.490 e. The molecular formula is C17H19N3O. The fourth-order valence-corrected chi connectivity index (χ4v) is 2.50. The van der Waals surface area contributed by atoms with E-state index >= 15 is 0 Å². The molecule has 0 radical (unpaired) electrons. The molecule has 0 fully saturated rings. The van der Waals surface area contributed by atoms with Crippen LogP contribution in [0, 0.1) is 6.92 Å². The van der Waals surface area contributed by atoms with E-state index < -0.39 is 0 Å². The zero-order valence-corrected chi connectivity index (χ0v) is 12.3. The Balaban J connectivity index is 2.23. The summed E-state index contributed by atoms with van der Waals surface area (Å²) in [6, 6.07) is 12.2. The first-order valence-electron chi connectivity index (χ1n) is 7.14. The van der Waals surface area contributed by atoms with Crippen LogP contribution in [0.25, 0.3) is 16.9 Å². The third-order valence-electron chi connectivity index (χ3n) is 3.53. The molecule has 0 atom stereocenters. The number of pyridine rings is 1. The van der Waals surface area contributed by atoms with E-state index in [4.69, 9.17) is 15.5 Å². The normalized spacial score (nSPS) is 11.0. The first kappa shape index (κ1) is 13.6. The second kappa shape index (κ2) is 5.58. The highest BCUT2D eigenvalue weighted by atomic mass is 16.5. The van der Waals surface area contributed by atoms with Crippen LogP contribution in [0.4, 0.5) is 0 Å². The molecule has 0 spiro atoms. The second-order valence-corrected chi connectivity index (χ2v) is 4.98. The standard InChI is InChI=1S/C17H19N3O/c1-3-21-15-5-4-10-20-14(11-18)16(19-17(15)20)13-8-6-12(2)7-9-13/h4-10H,3,11,18H2,1-2H3. The SMILES string of the molecule is CCOc1cccn2c(CN)c(-c3ccc(C)cc3)nc12. The van der Waals surface area contributed by atoms with Crippen molar-refractivity contribution >= 4 is 5.65 Å². The summed E-state index contributed by atoms with van der Waals surface area (Å²) in [6.45, 7) is 5.09. The first-order valence-corrected chi connectivity index (χ1v) is 7.14. The van der Waals surface area contributed by atoms with E-state index in [0.29, 0.717) is 13.2 Å². The molecule has 0 aliphatic rings. The number of benzene rings is 1. The van der Waals surface area contributed by atoms with Crippen molar-refractivity contribution in [2.45, 2.75) is 20.4 Å². The lowest BCUT2D eigenvalue weighted by Crippen LogP contribution is -2.03. The number of aromatic nitrogens is 2. The molecule has 0 bridgehead atoms. The van der Waals surface area contributed by atoms with Gasteiger partial charge in [-0.2, -0.15) is 0 Å². The van der Waals surface area contributed by atoms with E-state index in [2.05, 4.69) is 31.2 Å². The molecule has 3 aromatic rings. The number of imidazole rings is 1. The minimum Gasteiger partial charge on any atom is -0.490 e. The number of nitrogens with zero attached hydrogens (tertiary/aromatic N) is 2. The molecule has 1 aromatic carbocycles. The van der Waals surface area contributed by atoms with Gasteiger partial charge in [0.15, 0.2) is 11.4 Å². The monoisotopic (exact) mass is 281 g/mol. The Hall–Kier alpha value is -2.33. The summed E-state index contributed by atoms with van der Waals surface area (Å²) < 4.78 is 7.68. The van der Waals surface area contributed by atoms with Gasteiger partial charge < -0.3 is 10.5 Å². The molecular weight excluding hydrogens is 262 g/mol. The van der Waals surface area contributed by atoms with Gasteiger partial charge in [0.05, 0.1) is 18.0 Å². The van der Waals surface area contributed by atoms with Crippen molar-refractivity contribution < 1.29 is 4.74 Å². The molecule has 0 unspecified atom stereocenters. The zero-order valence-electron chi connectivity index (χ0n) is 12.3. The van der Waals surface area contributed by atoms with Crippen molar-refractivity contribution in [2.75, 3.05) is 6.61 Å². The van der Waals surface area contributed by atoms with Gasteiger partial charge in [0.2, 0.25) is 0 Å². The highest BCUT2D eigenvalue weighted by Gasteiger charge is 2.15. The van der Waals surface area contributed by atoms with Crippen LogP contribution < -0.4 is 10.5 Å². The second-order valence-electron chi connectivity index (χ2n) is 4.98. The molecule has 2 N–H and O–H groups in total. The lowest BCUT2D eigenvalue weighted by molar-refractivity contribution is 0.342. The third kappa shape index (κ3) is 2.38. The van der Waals surface area contributed by atoms with Crippen molar-refractivity contribution in [3.63, 3.8) is 0 Å². The molecule has 0 saturated carbocycles. The Morgan fingerprint density at radius 2 is 1.95 bits per heavy atom. The quantitative estimate of drug-likeness (QED) is 0.799. The van der Waals surface area contributed by atoms with Crippen LogP contribution in [0.15, 0.2) is 42.6 Å². The number of rotatable bonds is 4. The minimum absolute atomic E-state index is 0.431. The summed E-state index contributed by atoms with van der Waals surface area (Å²) in [4.78, 5) is 4.76. The van der Waals surface area contributed by atoms with Gasteiger partial charge in [0, 0.05) is 18.3 Å². The Labute approximate surface area is 124 Å². The third-order valence-corrected chi connectivity index (χ3v) is 3.53. The molecule has 0 aliphatic carbocycles. The summed E-state index contributed by atoms with van der Waals surface area (Å²) in [5, 5.41) is 0. The van der Waals surface area contributed by atoms with E-state index in [1.165, 1.54) is 5.56 Å². The Morgan fingerprint density at radius 3 is 2.62 bits per heavy atom. The van der Waals surface area contributed by atoms with Crippen molar-refractivity contribution in [1.82, 2.24) is 9.38 Å². The molecule has 4 heteroatoms. The van der Waals surface area contributed by atoms with Crippen LogP contribution in [-0.4, -0.2) is 16.0 Å². The van der Waals surface area contributed by atoms with E-state index in [1.54, 1.807) is 0 Å². The highest BCUT2D eigenvalue weighted by molar-refractivity contribution is 5.69. The number of nitrogens with two attached hydrogens (primary N) is 1. The fraction of sp³-hybridized carbons (Fsp3) is 0.235. The lowest BCUT2D eigenvalue weighted by Gasteiger charge is -2.05. The lowest BCUT2D eigenvalue weighted by atomic mass is 10.1. The number of hydrogen-bond donors (Lipinski definition) is 1. The van der Waals surface area contributed by atoms with Gasteiger partial charge in [-0.3, -0.25) is 4.40 Å². The van der Waals surface area contributed by atoms with Crippen molar-refractivity contribution in [3.05, 3.63) is 53.9 Å². The van der Waals surface area contributed by atoms with Crippen LogP contribution in [-0.2, 0) is 6.54 Å². The fourth-order valence-electron chi connectivity index (χ4n) is 2.50. The summed E-state index contributed by atoms with van der Waals surface area (Å²) in [5.74, 6) is 0.785. The molecule has 108 valence electrons. The summed E-state index contributed by atoms with van der Waals surface area (Å²) in [7, 11) is 0. The molecule has 2 aromatic heterocycles. The van der Waals surface area contributed by atoms with Crippen LogP contribution in [0.5, 0.6) is 5.75 Å². The van der Waals surface area contributed by atoms with Gasteiger partial charge >= 0.3 is 0 Å². The maximum Gasteiger partial charge on any atom is 0.180 e. The smallest absolute Gasteiger partial charge is 0.180 e. The molecule has 2 heterocycles. The molecule has 0 saturated heterocycles. The van der Waals surface area contributed by atoms with Gasteiger partial charge in [-0.1, -0.05) is 29.8 Å². The van der Waals surface area contributed by atoms with Gasteiger partial charge in [0.1, 0.15) is 0 Å². The van der Waals surface area contributed by atoms with Gasteiger partial charge in [0.25, 0.3) is 0 Å². The van der Waals surface area contributed by atoms with Crippen LogP contribution in [0.1, 0.15) is 18.2 Å². The number of fused-ring (bicyclic) bond motifs is 1. The predicted octanol–water partition coefficient (Wildman–Crippen LogP) is 3.17. The molecule has 3 rings (SSSR count). The highest BCUT2D eigenvalue weighted by Crippen LogP contribution is 2.28. The van der Waals surface area contributed by atoms with E-state index in [9.17, 15) is 0 Å². The number of aryl methyl sites for hydroxylation is 1. The topological polar surface area (TPSA) is 52.5 Å². The summed E-state index contributed by atoms with van der Waals surface area (Å²) in [6.07, 6.45) is 1.98. The van der Waals surface area contributed by atoms with Gasteiger partial charge in [-0.05, 0) is 26.0 Å². The Morgan fingerprint density at radius 1 is 1.19 bits per heavy atom. The van der Waals surface area contributed by atoms with E-state index in [1.807, 2.05) is 29.7 Å². The summed E-state index contributed by atoms with van der Waals surface area (Å²) >= 11 is 0. The average molecular weight is 281 g/mol. The van der Waals surface area contributed by atoms with Crippen LogP contribution >= 0.6 is 0 Å². The Bertz CT molecular complexity index is 760. The maximum atomic E-state index is 5.95. The minimum atomic E-state index is 0.431. The number of hydrogen-bond acceptors (Lipinski definition) is 3. The zero-order chi connectivity index (χ0) is 14.8. The van der Waals surface area contributed by atoms with Gasteiger partial charge in [-0.25, -0.2) is 4.98 Å². The number of ether oxygens (including phenoxy) is 1. The summed E-state index contributed by atoms with van der Waals surface area (Å²) in [5.41, 5.74) is 11.0. The van der Waals surface area contributed by atoms with E-state index in [-0.39, 0.29) is 0 Å².